The van der Waals surface area contributed by atoms with E-state index in [0.717, 1.165) is 29.1 Å². The predicted molar refractivity (Wildman–Crippen MR) is 77.0 cm³/mol. The lowest BCUT2D eigenvalue weighted by Crippen LogP contribution is -2.26. The molecule has 3 nitrogen and oxygen atoms in total. The molecular formula is C14H18N2OS. The first-order valence-electron chi connectivity index (χ1n) is 6.17. The predicted octanol–water partition coefficient (Wildman–Crippen LogP) is 2.61. The van der Waals surface area contributed by atoms with E-state index in [1.807, 2.05) is 36.7 Å². The van der Waals surface area contributed by atoms with Crippen molar-refractivity contribution in [3.63, 3.8) is 0 Å². The van der Waals surface area contributed by atoms with Gasteiger partial charge in [-0.05, 0) is 30.5 Å². The molecule has 0 aliphatic heterocycles. The Balaban J connectivity index is 2.28. The second kappa shape index (κ2) is 5.98. The van der Waals surface area contributed by atoms with E-state index >= 15 is 0 Å². The van der Waals surface area contributed by atoms with Crippen LogP contribution in [0.4, 0.5) is 0 Å². The first kappa shape index (κ1) is 13.1. The summed E-state index contributed by atoms with van der Waals surface area (Å²) in [5.41, 5.74) is 1.89. The van der Waals surface area contributed by atoms with Gasteiger partial charge in [-0.3, -0.25) is 4.79 Å². The van der Waals surface area contributed by atoms with E-state index in [-0.39, 0.29) is 5.56 Å². The highest BCUT2D eigenvalue weighted by atomic mass is 32.1. The fourth-order valence-corrected chi connectivity index (χ4v) is 2.68. The lowest BCUT2D eigenvalue weighted by Gasteiger charge is -2.09. The number of nitrogens with one attached hydrogen (secondary N) is 1. The second-order valence-corrected chi connectivity index (χ2v) is 5.21. The van der Waals surface area contributed by atoms with Crippen molar-refractivity contribution in [2.24, 2.45) is 7.05 Å². The molecule has 4 heteroatoms. The highest BCUT2D eigenvalue weighted by Crippen LogP contribution is 2.22. The van der Waals surface area contributed by atoms with Gasteiger partial charge in [0.1, 0.15) is 0 Å². The molecule has 0 fully saturated rings. The van der Waals surface area contributed by atoms with E-state index in [9.17, 15) is 4.79 Å². The van der Waals surface area contributed by atoms with Crippen LogP contribution in [0.25, 0.3) is 10.6 Å². The number of nitrogens with zero attached hydrogens (tertiary/aromatic N) is 1. The molecule has 0 atom stereocenters. The van der Waals surface area contributed by atoms with E-state index in [1.165, 1.54) is 0 Å². The van der Waals surface area contributed by atoms with Crippen LogP contribution in [0.5, 0.6) is 0 Å². The van der Waals surface area contributed by atoms with Crippen LogP contribution in [0.1, 0.15) is 18.9 Å². The number of pyridine rings is 1. The van der Waals surface area contributed by atoms with Gasteiger partial charge in [-0.15, -0.1) is 11.3 Å². The van der Waals surface area contributed by atoms with Gasteiger partial charge in [0.2, 0.25) is 0 Å². The van der Waals surface area contributed by atoms with E-state index in [4.69, 9.17) is 0 Å². The molecule has 0 saturated heterocycles. The van der Waals surface area contributed by atoms with Gasteiger partial charge >= 0.3 is 0 Å². The fraction of sp³-hybridized carbons (Fsp3) is 0.357. The summed E-state index contributed by atoms with van der Waals surface area (Å²) in [6.07, 6.45) is 1.08. The average molecular weight is 262 g/mol. The standard InChI is InChI=1S/C14H18N2OS/c1-3-8-15-10-11-6-7-12(16(2)14(11)17)13-5-4-9-18-13/h4-7,9,15H,3,8,10H2,1-2H3. The highest BCUT2D eigenvalue weighted by molar-refractivity contribution is 7.13. The Morgan fingerprint density at radius 1 is 1.33 bits per heavy atom. The van der Waals surface area contributed by atoms with Crippen molar-refractivity contribution >= 4 is 11.3 Å². The summed E-state index contributed by atoms with van der Waals surface area (Å²) < 4.78 is 1.73. The Bertz CT molecular complexity index is 558. The van der Waals surface area contributed by atoms with Crippen molar-refractivity contribution in [3.05, 3.63) is 45.6 Å². The number of hydrogen-bond donors (Lipinski definition) is 1. The molecule has 2 aromatic heterocycles. The molecule has 0 aliphatic carbocycles. The molecule has 0 bridgehead atoms. The maximum atomic E-state index is 12.2. The van der Waals surface area contributed by atoms with Crippen LogP contribution in [-0.2, 0) is 13.6 Å². The van der Waals surface area contributed by atoms with Crippen molar-refractivity contribution in [1.29, 1.82) is 0 Å². The Morgan fingerprint density at radius 2 is 2.17 bits per heavy atom. The van der Waals surface area contributed by atoms with Gasteiger partial charge in [0.15, 0.2) is 0 Å². The maximum absolute atomic E-state index is 12.2. The lowest BCUT2D eigenvalue weighted by molar-refractivity contribution is 0.664. The zero-order chi connectivity index (χ0) is 13.0. The summed E-state index contributed by atoms with van der Waals surface area (Å²) in [4.78, 5) is 13.3. The van der Waals surface area contributed by atoms with Crippen LogP contribution in [0, 0.1) is 0 Å². The number of rotatable bonds is 5. The molecule has 96 valence electrons. The quantitative estimate of drug-likeness (QED) is 0.840. The van der Waals surface area contributed by atoms with Gasteiger partial charge in [0, 0.05) is 19.2 Å². The van der Waals surface area contributed by atoms with Crippen molar-refractivity contribution in [3.8, 4) is 10.6 Å². The summed E-state index contributed by atoms with van der Waals surface area (Å²) in [6.45, 7) is 3.70. The maximum Gasteiger partial charge on any atom is 0.255 e. The molecule has 18 heavy (non-hydrogen) atoms. The second-order valence-electron chi connectivity index (χ2n) is 4.26. The normalized spacial score (nSPS) is 10.8. The van der Waals surface area contributed by atoms with Gasteiger partial charge in [0.25, 0.3) is 5.56 Å². The van der Waals surface area contributed by atoms with Crippen LogP contribution in [0.15, 0.2) is 34.4 Å². The lowest BCUT2D eigenvalue weighted by atomic mass is 10.2. The van der Waals surface area contributed by atoms with Gasteiger partial charge in [-0.1, -0.05) is 19.1 Å². The molecule has 0 aromatic carbocycles. The van der Waals surface area contributed by atoms with Crippen LogP contribution < -0.4 is 10.9 Å². The topological polar surface area (TPSA) is 34.0 Å². The Labute approximate surface area is 111 Å². The average Bonchev–Trinajstić information content (AvgIpc) is 2.88. The zero-order valence-corrected chi connectivity index (χ0v) is 11.6. The molecule has 0 amide bonds. The summed E-state index contributed by atoms with van der Waals surface area (Å²) in [5, 5.41) is 5.29. The fourth-order valence-electron chi connectivity index (χ4n) is 1.89. The van der Waals surface area contributed by atoms with Gasteiger partial charge in [0.05, 0.1) is 10.6 Å². The third-order valence-electron chi connectivity index (χ3n) is 2.90. The number of hydrogen-bond acceptors (Lipinski definition) is 3. The third kappa shape index (κ3) is 2.71. The molecule has 2 rings (SSSR count). The van der Waals surface area contributed by atoms with E-state index in [0.29, 0.717) is 6.54 Å². The summed E-state index contributed by atoms with van der Waals surface area (Å²) in [5.74, 6) is 0. The summed E-state index contributed by atoms with van der Waals surface area (Å²) in [6, 6.07) is 7.99. The minimum absolute atomic E-state index is 0.0875. The first-order chi connectivity index (χ1) is 8.74. The molecular weight excluding hydrogens is 244 g/mol. The summed E-state index contributed by atoms with van der Waals surface area (Å²) >= 11 is 1.65. The third-order valence-corrected chi connectivity index (χ3v) is 3.79. The monoisotopic (exact) mass is 262 g/mol. The van der Waals surface area contributed by atoms with Crippen LogP contribution in [0.2, 0.25) is 0 Å². The van der Waals surface area contributed by atoms with Crippen molar-refractivity contribution in [2.75, 3.05) is 6.54 Å². The van der Waals surface area contributed by atoms with E-state index in [1.54, 1.807) is 15.9 Å². The molecule has 0 aliphatic rings. The SMILES string of the molecule is CCCNCc1ccc(-c2cccs2)n(C)c1=O. The molecule has 0 saturated carbocycles. The molecule has 2 aromatic rings. The van der Waals surface area contributed by atoms with Gasteiger partial charge < -0.3 is 9.88 Å². The Morgan fingerprint density at radius 3 is 2.83 bits per heavy atom. The number of thiophene rings is 1. The first-order valence-corrected chi connectivity index (χ1v) is 7.05. The molecule has 1 N–H and O–H groups in total. The van der Waals surface area contributed by atoms with E-state index < -0.39 is 0 Å². The minimum Gasteiger partial charge on any atom is -0.312 e. The Kier molecular flexibility index (Phi) is 4.33. The van der Waals surface area contributed by atoms with Crippen molar-refractivity contribution in [2.45, 2.75) is 19.9 Å². The van der Waals surface area contributed by atoms with Crippen LogP contribution in [0.3, 0.4) is 0 Å². The minimum atomic E-state index is 0.0875. The largest absolute Gasteiger partial charge is 0.312 e. The molecule has 0 unspecified atom stereocenters. The van der Waals surface area contributed by atoms with Crippen LogP contribution in [-0.4, -0.2) is 11.1 Å². The smallest absolute Gasteiger partial charge is 0.255 e. The van der Waals surface area contributed by atoms with Crippen molar-refractivity contribution < 1.29 is 0 Å². The highest BCUT2D eigenvalue weighted by Gasteiger charge is 2.07. The van der Waals surface area contributed by atoms with Gasteiger partial charge in [-0.2, -0.15) is 0 Å². The van der Waals surface area contributed by atoms with E-state index in [2.05, 4.69) is 12.2 Å². The van der Waals surface area contributed by atoms with Gasteiger partial charge in [-0.25, -0.2) is 0 Å². The zero-order valence-electron chi connectivity index (χ0n) is 10.8. The van der Waals surface area contributed by atoms with Crippen molar-refractivity contribution in [1.82, 2.24) is 9.88 Å². The Hall–Kier alpha value is -1.39. The van der Waals surface area contributed by atoms with Crippen LogP contribution >= 0.6 is 11.3 Å². The molecule has 2 heterocycles. The molecule has 0 radical (unpaired) electrons. The molecule has 0 spiro atoms. The number of aromatic nitrogens is 1. The summed E-state index contributed by atoms with van der Waals surface area (Å²) in [7, 11) is 1.83.